The molecule has 2 nitrogen and oxygen atoms in total. The van der Waals surface area contributed by atoms with Crippen LogP contribution in [0.1, 0.15) is 18.9 Å². The zero-order valence-corrected chi connectivity index (χ0v) is 8.12. The molecule has 0 saturated heterocycles. The van der Waals surface area contributed by atoms with E-state index in [4.69, 9.17) is 0 Å². The van der Waals surface area contributed by atoms with E-state index >= 15 is 0 Å². The molecule has 1 aliphatic heterocycles. The lowest BCUT2D eigenvalue weighted by atomic mass is 9.97. The van der Waals surface area contributed by atoms with Gasteiger partial charge in [0.2, 0.25) is 0 Å². The molecule has 0 fully saturated rings. The normalized spacial score (nSPS) is 21.4. The van der Waals surface area contributed by atoms with Crippen molar-refractivity contribution in [1.82, 2.24) is 0 Å². The first-order valence-corrected chi connectivity index (χ1v) is 4.73. The maximum Gasteiger partial charge on any atom is 0.116 e. The summed E-state index contributed by atoms with van der Waals surface area (Å²) in [4.78, 5) is 2.28. The van der Waals surface area contributed by atoms with E-state index in [9.17, 15) is 5.11 Å². The molecule has 0 aliphatic carbocycles. The Bertz CT molecular complexity index is 322. The van der Waals surface area contributed by atoms with Crippen LogP contribution in [0.15, 0.2) is 18.2 Å². The van der Waals surface area contributed by atoms with Crippen LogP contribution < -0.4 is 4.90 Å². The number of fused-ring (bicyclic) bond motifs is 1. The zero-order chi connectivity index (χ0) is 9.42. The number of rotatable bonds is 0. The number of aromatic hydroxyl groups is 1. The lowest BCUT2D eigenvalue weighted by Crippen LogP contribution is -2.33. The van der Waals surface area contributed by atoms with Crippen LogP contribution in [0.25, 0.3) is 0 Å². The zero-order valence-electron chi connectivity index (χ0n) is 8.12. The number of benzene rings is 1. The van der Waals surface area contributed by atoms with Gasteiger partial charge in [-0.1, -0.05) is 0 Å². The molecular formula is C11H15NO. The van der Waals surface area contributed by atoms with Gasteiger partial charge in [-0.25, -0.2) is 0 Å². The SMILES string of the molecule is CC1CCc2cc(O)ccc2N1C. The Morgan fingerprint density at radius 1 is 1.46 bits per heavy atom. The molecule has 13 heavy (non-hydrogen) atoms. The van der Waals surface area contributed by atoms with Crippen molar-refractivity contribution in [3.63, 3.8) is 0 Å². The van der Waals surface area contributed by atoms with E-state index in [1.54, 1.807) is 6.07 Å². The maximum atomic E-state index is 9.32. The quantitative estimate of drug-likeness (QED) is 0.656. The molecule has 70 valence electrons. The van der Waals surface area contributed by atoms with Crippen LogP contribution in [0.5, 0.6) is 5.75 Å². The van der Waals surface area contributed by atoms with Gasteiger partial charge in [0, 0.05) is 18.8 Å². The van der Waals surface area contributed by atoms with E-state index in [0.29, 0.717) is 11.8 Å². The lowest BCUT2D eigenvalue weighted by molar-refractivity contribution is 0.473. The number of phenolic OH excluding ortho intramolecular Hbond substituents is 1. The Morgan fingerprint density at radius 3 is 3.00 bits per heavy atom. The Labute approximate surface area is 78.8 Å². The Morgan fingerprint density at radius 2 is 2.23 bits per heavy atom. The van der Waals surface area contributed by atoms with Crippen molar-refractivity contribution < 1.29 is 5.11 Å². The van der Waals surface area contributed by atoms with Crippen molar-refractivity contribution in [3.05, 3.63) is 23.8 Å². The minimum absolute atomic E-state index is 0.377. The van der Waals surface area contributed by atoms with Crippen LogP contribution in [0.3, 0.4) is 0 Å². The molecule has 0 spiro atoms. The van der Waals surface area contributed by atoms with Crippen LogP contribution in [0.2, 0.25) is 0 Å². The molecular weight excluding hydrogens is 162 g/mol. The van der Waals surface area contributed by atoms with Crippen LogP contribution in [-0.4, -0.2) is 18.2 Å². The third kappa shape index (κ3) is 1.37. The van der Waals surface area contributed by atoms with Crippen molar-refractivity contribution in [1.29, 1.82) is 0 Å². The van der Waals surface area contributed by atoms with Gasteiger partial charge < -0.3 is 10.0 Å². The molecule has 1 heterocycles. The summed E-state index contributed by atoms with van der Waals surface area (Å²) < 4.78 is 0. The van der Waals surface area contributed by atoms with Gasteiger partial charge in [-0.2, -0.15) is 0 Å². The van der Waals surface area contributed by atoms with Gasteiger partial charge >= 0.3 is 0 Å². The average Bonchev–Trinajstić information content (AvgIpc) is 2.12. The van der Waals surface area contributed by atoms with E-state index < -0.39 is 0 Å². The van der Waals surface area contributed by atoms with E-state index in [0.717, 1.165) is 6.42 Å². The molecule has 1 atom stereocenters. The Kier molecular flexibility index (Phi) is 1.91. The van der Waals surface area contributed by atoms with Crippen molar-refractivity contribution in [3.8, 4) is 5.75 Å². The molecule has 0 bridgehead atoms. The smallest absolute Gasteiger partial charge is 0.116 e. The highest BCUT2D eigenvalue weighted by Gasteiger charge is 2.19. The number of phenols is 1. The summed E-state index contributed by atoms with van der Waals surface area (Å²) in [5, 5.41) is 9.32. The fraction of sp³-hybridized carbons (Fsp3) is 0.455. The summed E-state index contributed by atoms with van der Waals surface area (Å²) in [5.74, 6) is 0.377. The summed E-state index contributed by atoms with van der Waals surface area (Å²) in [5.41, 5.74) is 2.53. The van der Waals surface area contributed by atoms with Crippen molar-refractivity contribution in [2.75, 3.05) is 11.9 Å². The lowest BCUT2D eigenvalue weighted by Gasteiger charge is -2.33. The summed E-state index contributed by atoms with van der Waals surface area (Å²) in [6.45, 7) is 2.23. The molecule has 0 amide bonds. The average molecular weight is 177 g/mol. The van der Waals surface area contributed by atoms with Crippen molar-refractivity contribution >= 4 is 5.69 Å². The largest absolute Gasteiger partial charge is 0.508 e. The predicted octanol–water partition coefficient (Wildman–Crippen LogP) is 2.16. The van der Waals surface area contributed by atoms with E-state index in [-0.39, 0.29) is 0 Å². The van der Waals surface area contributed by atoms with Gasteiger partial charge in [0.25, 0.3) is 0 Å². The third-order valence-electron chi connectivity index (χ3n) is 2.94. The number of hydrogen-bond donors (Lipinski definition) is 1. The maximum absolute atomic E-state index is 9.32. The molecule has 1 aliphatic rings. The molecule has 1 aromatic carbocycles. The summed E-state index contributed by atoms with van der Waals surface area (Å²) in [7, 11) is 2.11. The second-order valence-corrected chi connectivity index (χ2v) is 3.81. The highest BCUT2D eigenvalue weighted by atomic mass is 16.3. The minimum Gasteiger partial charge on any atom is -0.508 e. The monoisotopic (exact) mass is 177 g/mol. The van der Waals surface area contributed by atoms with Gasteiger partial charge in [0.1, 0.15) is 5.75 Å². The van der Waals surface area contributed by atoms with Crippen LogP contribution in [0.4, 0.5) is 5.69 Å². The van der Waals surface area contributed by atoms with E-state index in [1.807, 2.05) is 12.1 Å². The standard InChI is InChI=1S/C11H15NO/c1-8-3-4-9-7-10(13)5-6-11(9)12(8)2/h5-8,13H,3-4H2,1-2H3. The first-order valence-electron chi connectivity index (χ1n) is 4.73. The summed E-state index contributed by atoms with van der Waals surface area (Å²) in [6.07, 6.45) is 2.25. The first-order chi connectivity index (χ1) is 6.18. The van der Waals surface area contributed by atoms with Crippen LogP contribution >= 0.6 is 0 Å². The first kappa shape index (κ1) is 8.42. The second-order valence-electron chi connectivity index (χ2n) is 3.81. The van der Waals surface area contributed by atoms with Crippen LogP contribution in [0, 0.1) is 0 Å². The fourth-order valence-electron chi connectivity index (χ4n) is 1.91. The number of anilines is 1. The molecule has 1 N–H and O–H groups in total. The van der Waals surface area contributed by atoms with Gasteiger partial charge in [0.15, 0.2) is 0 Å². The second kappa shape index (κ2) is 2.95. The molecule has 0 radical (unpaired) electrons. The van der Waals surface area contributed by atoms with Gasteiger partial charge in [-0.15, -0.1) is 0 Å². The molecule has 2 rings (SSSR count). The highest BCUT2D eigenvalue weighted by Crippen LogP contribution is 2.31. The third-order valence-corrected chi connectivity index (χ3v) is 2.94. The molecule has 1 aromatic rings. The highest BCUT2D eigenvalue weighted by molar-refractivity contribution is 5.57. The van der Waals surface area contributed by atoms with Crippen molar-refractivity contribution in [2.24, 2.45) is 0 Å². The molecule has 1 unspecified atom stereocenters. The molecule has 2 heteroatoms. The summed E-state index contributed by atoms with van der Waals surface area (Å²) >= 11 is 0. The topological polar surface area (TPSA) is 23.5 Å². The Balaban J connectivity index is 2.44. The van der Waals surface area contributed by atoms with Gasteiger partial charge in [-0.05, 0) is 43.5 Å². The molecule has 0 aromatic heterocycles. The fourth-order valence-corrected chi connectivity index (χ4v) is 1.91. The predicted molar refractivity (Wildman–Crippen MR) is 54.3 cm³/mol. The van der Waals surface area contributed by atoms with Crippen LogP contribution in [-0.2, 0) is 6.42 Å². The number of nitrogens with zero attached hydrogens (tertiary/aromatic N) is 1. The van der Waals surface area contributed by atoms with Crippen molar-refractivity contribution in [2.45, 2.75) is 25.8 Å². The van der Waals surface area contributed by atoms with E-state index in [2.05, 4.69) is 18.9 Å². The number of aryl methyl sites for hydroxylation is 1. The summed E-state index contributed by atoms with van der Waals surface area (Å²) in [6, 6.07) is 6.24. The molecule has 0 saturated carbocycles. The van der Waals surface area contributed by atoms with Gasteiger partial charge in [0.05, 0.1) is 0 Å². The Hall–Kier alpha value is -1.18. The minimum atomic E-state index is 0.377. The van der Waals surface area contributed by atoms with Gasteiger partial charge in [-0.3, -0.25) is 0 Å². The number of hydrogen-bond acceptors (Lipinski definition) is 2. The van der Waals surface area contributed by atoms with E-state index in [1.165, 1.54) is 17.7 Å².